The van der Waals surface area contributed by atoms with Gasteiger partial charge in [0, 0.05) is 24.0 Å². The molecule has 0 aliphatic heterocycles. The van der Waals surface area contributed by atoms with Crippen molar-refractivity contribution < 1.29 is 0 Å². The first-order valence-electron chi connectivity index (χ1n) is 6.21. The molecule has 0 aliphatic carbocycles. The smallest absolute Gasteiger partial charge is 0.223 e. The van der Waals surface area contributed by atoms with Crippen LogP contribution in [-0.4, -0.2) is 9.97 Å². The van der Waals surface area contributed by atoms with Crippen LogP contribution in [0.25, 0.3) is 0 Å². The van der Waals surface area contributed by atoms with Gasteiger partial charge < -0.3 is 5.32 Å². The monoisotopic (exact) mass is 299 g/mol. The average molecular weight is 300 g/mol. The molecule has 0 atom stereocenters. The lowest BCUT2D eigenvalue weighted by Gasteiger charge is -2.14. The molecule has 19 heavy (non-hydrogen) atoms. The maximum atomic E-state index is 6.03. The summed E-state index contributed by atoms with van der Waals surface area (Å²) < 4.78 is 0. The van der Waals surface area contributed by atoms with Crippen LogP contribution in [-0.2, 0) is 6.54 Å². The summed E-state index contributed by atoms with van der Waals surface area (Å²) in [6, 6.07) is 0. The molecule has 1 aromatic rings. The fourth-order valence-corrected chi connectivity index (χ4v) is 2.16. The first-order chi connectivity index (χ1) is 8.95. The largest absolute Gasteiger partial charge is 0.381 e. The Morgan fingerprint density at radius 3 is 2.53 bits per heavy atom. The Morgan fingerprint density at radius 1 is 1.32 bits per heavy atom. The molecule has 0 fully saturated rings. The molecule has 0 saturated carbocycles. The normalized spacial score (nSPS) is 11.4. The van der Waals surface area contributed by atoms with Crippen molar-refractivity contribution in [2.75, 3.05) is 0 Å². The third-order valence-corrected chi connectivity index (χ3v) is 3.15. The highest BCUT2D eigenvalue weighted by molar-refractivity contribution is 6.32. The summed E-state index contributed by atoms with van der Waals surface area (Å²) >= 11 is 11.7. The Labute approximate surface area is 124 Å². The van der Waals surface area contributed by atoms with Gasteiger partial charge in [-0.2, -0.15) is 0 Å². The van der Waals surface area contributed by atoms with Crippen LogP contribution in [0, 0.1) is 0 Å². The summed E-state index contributed by atoms with van der Waals surface area (Å²) in [6.07, 6.45) is 4.84. The molecule has 5 heteroatoms. The van der Waals surface area contributed by atoms with Gasteiger partial charge in [-0.25, -0.2) is 9.97 Å². The number of aromatic nitrogens is 2. The predicted octanol–water partition coefficient (Wildman–Crippen LogP) is 4.52. The van der Waals surface area contributed by atoms with E-state index in [-0.39, 0.29) is 5.28 Å². The summed E-state index contributed by atoms with van der Waals surface area (Å²) in [5.74, 6) is 0. The van der Waals surface area contributed by atoms with Gasteiger partial charge in [0.1, 0.15) is 5.15 Å². The van der Waals surface area contributed by atoms with Crippen LogP contribution in [0.15, 0.2) is 29.1 Å². The second-order valence-electron chi connectivity index (χ2n) is 4.48. The summed E-state index contributed by atoms with van der Waals surface area (Å²) in [6.45, 7) is 8.95. The number of nitrogens with zero attached hydrogens (tertiary/aromatic N) is 2. The van der Waals surface area contributed by atoms with Gasteiger partial charge in [0.05, 0.1) is 0 Å². The number of halogens is 2. The third kappa shape index (κ3) is 4.84. The Hall–Kier alpha value is -1.06. The van der Waals surface area contributed by atoms with E-state index >= 15 is 0 Å². The van der Waals surface area contributed by atoms with E-state index in [2.05, 4.69) is 49.1 Å². The minimum Gasteiger partial charge on any atom is -0.381 e. The van der Waals surface area contributed by atoms with E-state index in [1.807, 2.05) is 0 Å². The van der Waals surface area contributed by atoms with Gasteiger partial charge in [0.2, 0.25) is 5.28 Å². The molecule has 1 rings (SSSR count). The number of hydrogen-bond donors (Lipinski definition) is 1. The molecule has 0 radical (unpaired) electrons. The first kappa shape index (κ1) is 16.0. The van der Waals surface area contributed by atoms with Crippen molar-refractivity contribution in [2.45, 2.75) is 40.7 Å². The molecule has 0 aliphatic rings. The van der Waals surface area contributed by atoms with E-state index in [4.69, 9.17) is 23.2 Å². The molecule has 0 aromatic carbocycles. The predicted molar refractivity (Wildman–Crippen MR) is 81.3 cm³/mol. The van der Waals surface area contributed by atoms with Crippen molar-refractivity contribution >= 4 is 23.2 Å². The van der Waals surface area contributed by atoms with Crippen LogP contribution in [0.5, 0.6) is 0 Å². The third-order valence-electron chi connectivity index (χ3n) is 2.64. The molecular formula is C14H19Cl2N3. The maximum absolute atomic E-state index is 6.03. The topological polar surface area (TPSA) is 37.8 Å². The van der Waals surface area contributed by atoms with E-state index < -0.39 is 0 Å². The second-order valence-corrected chi connectivity index (χ2v) is 5.18. The van der Waals surface area contributed by atoms with Crippen LogP contribution >= 0.6 is 23.2 Å². The fourth-order valence-electron chi connectivity index (χ4n) is 1.79. The second kappa shape index (κ2) is 7.51. The van der Waals surface area contributed by atoms with E-state index in [1.165, 1.54) is 11.1 Å². The van der Waals surface area contributed by atoms with Gasteiger partial charge in [-0.1, -0.05) is 30.2 Å². The van der Waals surface area contributed by atoms with Crippen molar-refractivity contribution in [1.29, 1.82) is 0 Å². The summed E-state index contributed by atoms with van der Waals surface area (Å²) in [5, 5.41) is 3.94. The van der Waals surface area contributed by atoms with E-state index in [0.29, 0.717) is 11.7 Å². The summed E-state index contributed by atoms with van der Waals surface area (Å²) in [4.78, 5) is 7.87. The number of nitrogens with one attached hydrogen (secondary N) is 1. The highest BCUT2D eigenvalue weighted by Crippen LogP contribution is 2.17. The highest BCUT2D eigenvalue weighted by atomic mass is 35.5. The van der Waals surface area contributed by atoms with E-state index in [1.54, 1.807) is 6.20 Å². The minimum atomic E-state index is 0.165. The van der Waals surface area contributed by atoms with Gasteiger partial charge in [-0.05, 0) is 44.4 Å². The van der Waals surface area contributed by atoms with Gasteiger partial charge in [-0.15, -0.1) is 0 Å². The Kier molecular flexibility index (Phi) is 6.32. The van der Waals surface area contributed by atoms with Crippen LogP contribution in [0.1, 0.15) is 39.7 Å². The zero-order valence-electron chi connectivity index (χ0n) is 11.7. The van der Waals surface area contributed by atoms with Gasteiger partial charge in [0.15, 0.2) is 0 Å². The van der Waals surface area contributed by atoms with Crippen molar-refractivity contribution in [3.63, 3.8) is 0 Å². The highest BCUT2D eigenvalue weighted by Gasteiger charge is 2.06. The lowest BCUT2D eigenvalue weighted by atomic mass is 10.1. The molecule has 1 heterocycles. The van der Waals surface area contributed by atoms with Crippen molar-refractivity contribution in [1.82, 2.24) is 15.3 Å². The molecule has 0 amide bonds. The van der Waals surface area contributed by atoms with Crippen molar-refractivity contribution in [3.8, 4) is 0 Å². The number of rotatable bonds is 5. The molecule has 0 saturated heterocycles. The fraction of sp³-hybridized carbons (Fsp3) is 0.429. The molecular weight excluding hydrogens is 281 g/mol. The Balaban J connectivity index is 2.84. The Bertz CT molecular complexity index is 503. The summed E-state index contributed by atoms with van der Waals surface area (Å²) in [7, 11) is 0. The first-order valence-corrected chi connectivity index (χ1v) is 6.96. The zero-order valence-corrected chi connectivity index (χ0v) is 13.2. The molecule has 3 nitrogen and oxygen atoms in total. The molecule has 0 spiro atoms. The SMILES string of the molecule is CC/C=C(/C)C(NCc1cnc(Cl)nc1Cl)=C(C)C. The molecule has 104 valence electrons. The van der Waals surface area contributed by atoms with Crippen LogP contribution in [0.4, 0.5) is 0 Å². The van der Waals surface area contributed by atoms with E-state index in [9.17, 15) is 0 Å². The lowest BCUT2D eigenvalue weighted by Crippen LogP contribution is -2.16. The molecule has 0 bridgehead atoms. The standard InChI is InChI=1S/C14H19Cl2N3/c1-5-6-10(4)12(9(2)3)17-7-11-8-18-14(16)19-13(11)15/h6,8,17H,5,7H2,1-4H3/b10-6-. The van der Waals surface area contributed by atoms with E-state index in [0.717, 1.165) is 17.7 Å². The Morgan fingerprint density at radius 2 is 2.00 bits per heavy atom. The summed E-state index contributed by atoms with van der Waals surface area (Å²) in [5.41, 5.74) is 4.42. The van der Waals surface area contributed by atoms with Gasteiger partial charge in [0.25, 0.3) is 0 Å². The molecule has 0 unspecified atom stereocenters. The van der Waals surface area contributed by atoms with Crippen LogP contribution in [0.2, 0.25) is 10.4 Å². The van der Waals surface area contributed by atoms with Crippen LogP contribution in [0.3, 0.4) is 0 Å². The quantitative estimate of drug-likeness (QED) is 0.493. The lowest BCUT2D eigenvalue weighted by molar-refractivity contribution is 0.795. The zero-order chi connectivity index (χ0) is 14.4. The van der Waals surface area contributed by atoms with Crippen molar-refractivity contribution in [3.05, 3.63) is 45.1 Å². The average Bonchev–Trinajstić information content (AvgIpc) is 2.31. The maximum Gasteiger partial charge on any atom is 0.223 e. The molecule has 1 N–H and O–H groups in total. The van der Waals surface area contributed by atoms with Crippen molar-refractivity contribution in [2.24, 2.45) is 0 Å². The van der Waals surface area contributed by atoms with Crippen LogP contribution < -0.4 is 5.32 Å². The number of allylic oxidation sites excluding steroid dienone is 3. The number of hydrogen-bond acceptors (Lipinski definition) is 3. The van der Waals surface area contributed by atoms with Gasteiger partial charge in [-0.3, -0.25) is 0 Å². The van der Waals surface area contributed by atoms with Gasteiger partial charge >= 0.3 is 0 Å². The minimum absolute atomic E-state index is 0.165. The molecule has 1 aromatic heterocycles.